The lowest BCUT2D eigenvalue weighted by molar-refractivity contribution is -0.116. The van der Waals surface area contributed by atoms with Gasteiger partial charge in [-0.2, -0.15) is 0 Å². The molecule has 2 aliphatic rings. The van der Waals surface area contributed by atoms with E-state index in [0.717, 1.165) is 10.3 Å². The lowest BCUT2D eigenvalue weighted by atomic mass is 9.76. The van der Waals surface area contributed by atoms with Crippen molar-refractivity contribution in [3.63, 3.8) is 0 Å². The average molecular weight is 395 g/mol. The van der Waals surface area contributed by atoms with Crippen molar-refractivity contribution in [2.75, 3.05) is 12.4 Å². The van der Waals surface area contributed by atoms with Crippen LogP contribution in [0.1, 0.15) is 46.7 Å². The topological polar surface area (TPSA) is 99.4 Å². The van der Waals surface area contributed by atoms with E-state index in [4.69, 9.17) is 4.74 Å². The number of allylic oxidation sites excluding steroid dienone is 2. The third-order valence-corrected chi connectivity index (χ3v) is 5.67. The standard InChI is InChI=1S/C21H21N3O5/c1-23-18-17(19(26)24(2)21(23)28)15(16-13(22-18)5-4-6-14(16)25)11-7-9-12(10-8-11)20(27)29-3/h7-10,15,22H,4-6H2,1-3H3/t15-/m0/s1. The smallest absolute Gasteiger partial charge is 0.337 e. The molecule has 29 heavy (non-hydrogen) atoms. The van der Waals surface area contributed by atoms with E-state index in [2.05, 4.69) is 5.32 Å². The minimum absolute atomic E-state index is 0.0117. The molecule has 8 heteroatoms. The van der Waals surface area contributed by atoms with Crippen molar-refractivity contribution in [2.24, 2.45) is 14.1 Å². The highest BCUT2D eigenvalue weighted by Gasteiger charge is 2.38. The van der Waals surface area contributed by atoms with Gasteiger partial charge >= 0.3 is 11.7 Å². The van der Waals surface area contributed by atoms with Crippen molar-refractivity contribution in [1.82, 2.24) is 9.13 Å². The van der Waals surface area contributed by atoms with E-state index in [1.807, 2.05) is 0 Å². The van der Waals surface area contributed by atoms with Crippen LogP contribution in [0.15, 0.2) is 45.1 Å². The van der Waals surface area contributed by atoms with Gasteiger partial charge in [0, 0.05) is 37.7 Å². The first-order valence-electron chi connectivity index (χ1n) is 9.36. The summed E-state index contributed by atoms with van der Waals surface area (Å²) < 4.78 is 7.19. The summed E-state index contributed by atoms with van der Waals surface area (Å²) in [5.74, 6) is -0.670. The van der Waals surface area contributed by atoms with Crippen LogP contribution in [0.2, 0.25) is 0 Å². The Balaban J connectivity index is 1.99. The van der Waals surface area contributed by atoms with Gasteiger partial charge in [-0.25, -0.2) is 9.59 Å². The molecule has 0 fully saturated rings. The number of ketones is 1. The van der Waals surface area contributed by atoms with E-state index in [-0.39, 0.29) is 5.78 Å². The van der Waals surface area contributed by atoms with E-state index in [1.165, 1.54) is 18.7 Å². The summed E-state index contributed by atoms with van der Waals surface area (Å²) in [5.41, 5.74) is 1.87. The second-order valence-electron chi connectivity index (χ2n) is 7.31. The minimum atomic E-state index is -0.605. The lowest BCUT2D eigenvalue weighted by Crippen LogP contribution is -2.44. The Morgan fingerprint density at radius 3 is 2.41 bits per heavy atom. The van der Waals surface area contributed by atoms with Gasteiger partial charge in [0.05, 0.1) is 18.2 Å². The molecule has 150 valence electrons. The number of carbonyl (C=O) groups excluding carboxylic acids is 2. The van der Waals surface area contributed by atoms with Gasteiger partial charge in [0.2, 0.25) is 0 Å². The Morgan fingerprint density at radius 2 is 1.76 bits per heavy atom. The maximum Gasteiger partial charge on any atom is 0.337 e. The van der Waals surface area contributed by atoms with Crippen LogP contribution in [0.25, 0.3) is 0 Å². The normalized spacial score (nSPS) is 18.0. The van der Waals surface area contributed by atoms with Crippen molar-refractivity contribution in [2.45, 2.75) is 25.2 Å². The number of nitrogens with one attached hydrogen (secondary N) is 1. The molecule has 1 aliphatic heterocycles. The van der Waals surface area contributed by atoms with E-state index >= 15 is 0 Å². The molecule has 0 bridgehead atoms. The summed E-state index contributed by atoms with van der Waals surface area (Å²) in [4.78, 5) is 50.1. The Hall–Kier alpha value is -3.42. The lowest BCUT2D eigenvalue weighted by Gasteiger charge is -2.34. The zero-order valence-electron chi connectivity index (χ0n) is 16.4. The number of anilines is 1. The number of benzene rings is 1. The average Bonchev–Trinajstić information content (AvgIpc) is 2.74. The Bertz CT molecular complexity index is 1180. The number of methoxy groups -OCH3 is 1. The van der Waals surface area contributed by atoms with Crippen LogP contribution >= 0.6 is 0 Å². The summed E-state index contributed by atoms with van der Waals surface area (Å²) in [6, 6.07) is 6.68. The van der Waals surface area contributed by atoms with Gasteiger partial charge in [-0.15, -0.1) is 0 Å². The van der Waals surface area contributed by atoms with E-state index < -0.39 is 23.1 Å². The molecule has 1 atom stereocenters. The number of aromatic nitrogens is 2. The monoisotopic (exact) mass is 395 g/mol. The number of fused-ring (bicyclic) bond motifs is 1. The largest absolute Gasteiger partial charge is 0.465 e. The Morgan fingerprint density at radius 1 is 1.07 bits per heavy atom. The number of nitrogens with zero attached hydrogens (tertiary/aromatic N) is 2. The number of ether oxygens (including phenoxy) is 1. The fourth-order valence-electron chi connectivity index (χ4n) is 4.16. The number of rotatable bonds is 2. The summed E-state index contributed by atoms with van der Waals surface area (Å²) in [6.45, 7) is 0. The fraction of sp³-hybridized carbons (Fsp3) is 0.333. The maximum absolute atomic E-state index is 13.1. The van der Waals surface area contributed by atoms with Gasteiger partial charge in [-0.05, 0) is 30.5 Å². The second kappa shape index (κ2) is 6.88. The van der Waals surface area contributed by atoms with Crippen LogP contribution in [-0.4, -0.2) is 28.0 Å². The van der Waals surface area contributed by atoms with Crippen LogP contribution < -0.4 is 16.6 Å². The van der Waals surface area contributed by atoms with Gasteiger partial charge in [-0.3, -0.25) is 18.7 Å². The van der Waals surface area contributed by atoms with Crippen LogP contribution in [0, 0.1) is 0 Å². The molecule has 0 radical (unpaired) electrons. The second-order valence-corrected chi connectivity index (χ2v) is 7.31. The van der Waals surface area contributed by atoms with Gasteiger partial charge in [-0.1, -0.05) is 12.1 Å². The number of hydrogen-bond acceptors (Lipinski definition) is 6. The molecule has 0 saturated heterocycles. The predicted molar refractivity (Wildman–Crippen MR) is 106 cm³/mol. The number of carbonyl (C=O) groups is 2. The van der Waals surface area contributed by atoms with E-state index in [0.29, 0.717) is 47.3 Å². The molecular formula is C21H21N3O5. The molecule has 1 aliphatic carbocycles. The van der Waals surface area contributed by atoms with Crippen LogP contribution in [0.5, 0.6) is 0 Å². The maximum atomic E-state index is 13.1. The molecule has 1 N–H and O–H groups in total. The molecule has 2 aromatic rings. The highest BCUT2D eigenvalue weighted by Crippen LogP contribution is 2.43. The SMILES string of the molecule is COC(=O)c1ccc([C@H]2C3=C(CCCC3=O)Nc3c2c(=O)n(C)c(=O)n3C)cc1. The van der Waals surface area contributed by atoms with Crippen molar-refractivity contribution < 1.29 is 14.3 Å². The first-order chi connectivity index (χ1) is 13.8. The van der Waals surface area contributed by atoms with Crippen LogP contribution in [0.4, 0.5) is 5.82 Å². The van der Waals surface area contributed by atoms with Gasteiger partial charge < -0.3 is 10.1 Å². The van der Waals surface area contributed by atoms with Crippen LogP contribution in [-0.2, 0) is 23.6 Å². The van der Waals surface area contributed by atoms with Crippen molar-refractivity contribution in [1.29, 1.82) is 0 Å². The Labute approximate surface area is 166 Å². The van der Waals surface area contributed by atoms with Crippen molar-refractivity contribution in [3.8, 4) is 0 Å². The minimum Gasteiger partial charge on any atom is -0.465 e. The summed E-state index contributed by atoms with van der Waals surface area (Å²) in [6.07, 6.45) is 1.80. The summed E-state index contributed by atoms with van der Waals surface area (Å²) in [7, 11) is 4.33. The Kier molecular flexibility index (Phi) is 4.49. The molecule has 2 heterocycles. The predicted octanol–water partition coefficient (Wildman–Crippen LogP) is 1.44. The van der Waals surface area contributed by atoms with Crippen molar-refractivity contribution >= 4 is 17.6 Å². The zero-order chi connectivity index (χ0) is 20.9. The molecule has 4 rings (SSSR count). The molecule has 0 unspecified atom stereocenters. The van der Waals surface area contributed by atoms with Crippen molar-refractivity contribution in [3.05, 3.63) is 73.1 Å². The highest BCUT2D eigenvalue weighted by atomic mass is 16.5. The first-order valence-corrected chi connectivity index (χ1v) is 9.36. The van der Waals surface area contributed by atoms with Gasteiger partial charge in [0.1, 0.15) is 5.82 Å². The fourth-order valence-corrected chi connectivity index (χ4v) is 4.16. The summed E-state index contributed by atoms with van der Waals surface area (Å²) in [5, 5.41) is 3.18. The quantitative estimate of drug-likeness (QED) is 0.773. The molecule has 1 aromatic heterocycles. The third kappa shape index (κ3) is 2.83. The molecule has 0 spiro atoms. The number of hydrogen-bond donors (Lipinski definition) is 1. The third-order valence-electron chi connectivity index (χ3n) is 5.67. The number of Topliss-reactive ketones (excluding diaryl/α,β-unsaturated/α-hetero) is 1. The zero-order valence-corrected chi connectivity index (χ0v) is 16.4. The van der Waals surface area contributed by atoms with Crippen LogP contribution in [0.3, 0.4) is 0 Å². The molecule has 0 saturated carbocycles. The molecular weight excluding hydrogens is 374 g/mol. The molecule has 1 aromatic carbocycles. The molecule has 0 amide bonds. The number of esters is 1. The van der Waals surface area contributed by atoms with E-state index in [1.54, 1.807) is 31.3 Å². The first kappa shape index (κ1) is 18.9. The van der Waals surface area contributed by atoms with Gasteiger partial charge in [0.15, 0.2) is 5.78 Å². The highest BCUT2D eigenvalue weighted by molar-refractivity contribution is 6.01. The molecule has 8 nitrogen and oxygen atoms in total. The van der Waals surface area contributed by atoms with Gasteiger partial charge in [0.25, 0.3) is 5.56 Å². The summed E-state index contributed by atoms with van der Waals surface area (Å²) >= 11 is 0. The van der Waals surface area contributed by atoms with E-state index in [9.17, 15) is 19.2 Å².